The average Bonchev–Trinajstić information content (AvgIpc) is 2.66. The van der Waals surface area contributed by atoms with Crippen LogP contribution >= 0.6 is 24.0 Å². The average molecular weight is 496 g/mol. The van der Waals surface area contributed by atoms with E-state index >= 15 is 0 Å². The van der Waals surface area contributed by atoms with E-state index in [0.717, 1.165) is 36.6 Å². The van der Waals surface area contributed by atoms with Gasteiger partial charge in [-0.05, 0) is 62.3 Å². The molecule has 0 aliphatic heterocycles. The molecule has 0 atom stereocenters. The van der Waals surface area contributed by atoms with Crippen molar-refractivity contribution in [1.29, 1.82) is 0 Å². The number of nitrogens with two attached hydrogens (primary N) is 1. The minimum Gasteiger partial charge on any atom is -0.491 e. The lowest BCUT2D eigenvalue weighted by atomic mass is 10.1. The first-order valence-electron chi connectivity index (χ1n) is 9.64. The lowest BCUT2D eigenvalue weighted by molar-refractivity contribution is 0.242. The Labute approximate surface area is 186 Å². The minimum atomic E-state index is 0. The van der Waals surface area contributed by atoms with Crippen LogP contribution in [-0.2, 0) is 13.1 Å². The number of guanidine groups is 1. The number of ether oxygens (including phenoxy) is 1. The monoisotopic (exact) mass is 496 g/mol. The van der Waals surface area contributed by atoms with Crippen LogP contribution in [0.2, 0.25) is 0 Å². The lowest BCUT2D eigenvalue weighted by Crippen LogP contribution is -2.22. The van der Waals surface area contributed by atoms with Crippen molar-refractivity contribution < 1.29 is 4.74 Å². The molecule has 0 fully saturated rings. The number of benzene rings is 2. The second kappa shape index (κ2) is 12.6. The summed E-state index contributed by atoms with van der Waals surface area (Å²) in [4.78, 5) is 6.82. The Morgan fingerprint density at radius 3 is 2.11 bits per heavy atom. The maximum Gasteiger partial charge on any atom is 0.193 e. The van der Waals surface area contributed by atoms with Gasteiger partial charge in [0.1, 0.15) is 5.75 Å². The van der Waals surface area contributed by atoms with Gasteiger partial charge in [0.2, 0.25) is 0 Å². The smallest absolute Gasteiger partial charge is 0.193 e. The third-order valence-corrected chi connectivity index (χ3v) is 4.25. The Kier molecular flexibility index (Phi) is 10.9. The summed E-state index contributed by atoms with van der Waals surface area (Å²) in [7, 11) is 0. The molecule has 0 aliphatic rings. The van der Waals surface area contributed by atoms with Gasteiger partial charge in [-0.2, -0.15) is 0 Å². The minimum absolute atomic E-state index is 0. The summed E-state index contributed by atoms with van der Waals surface area (Å²) in [6.07, 6.45) is 0.161. The number of hydrogen-bond acceptors (Lipinski definition) is 3. The van der Waals surface area contributed by atoms with Gasteiger partial charge in [0.25, 0.3) is 0 Å². The van der Waals surface area contributed by atoms with E-state index in [2.05, 4.69) is 53.3 Å². The molecule has 3 N–H and O–H groups in total. The van der Waals surface area contributed by atoms with Gasteiger partial charge in [-0.1, -0.05) is 38.1 Å². The standard InChI is InChI=1S/C22H32N4O.HI/c1-5-26(6-2)16-19-9-7-18(8-10-19)15-24-22(23)25-20-11-13-21(14-12-20)27-17(3)4;/h7-14,17H,5-6,15-16H2,1-4H3,(H3,23,24,25);1H. The zero-order chi connectivity index (χ0) is 19.6. The zero-order valence-electron chi connectivity index (χ0n) is 17.3. The molecule has 0 spiro atoms. The fourth-order valence-corrected chi connectivity index (χ4v) is 2.71. The van der Waals surface area contributed by atoms with Gasteiger partial charge in [0.05, 0.1) is 12.6 Å². The van der Waals surface area contributed by atoms with Crippen molar-refractivity contribution in [2.75, 3.05) is 18.4 Å². The van der Waals surface area contributed by atoms with Crippen LogP contribution in [0.15, 0.2) is 53.5 Å². The van der Waals surface area contributed by atoms with Crippen LogP contribution in [-0.4, -0.2) is 30.1 Å². The fraction of sp³-hybridized carbons (Fsp3) is 0.409. The van der Waals surface area contributed by atoms with Crippen LogP contribution in [0.25, 0.3) is 0 Å². The van der Waals surface area contributed by atoms with Crippen LogP contribution < -0.4 is 15.8 Å². The maximum absolute atomic E-state index is 6.01. The molecule has 2 aromatic rings. The highest BCUT2D eigenvalue weighted by Crippen LogP contribution is 2.16. The lowest BCUT2D eigenvalue weighted by Gasteiger charge is -2.17. The molecule has 5 nitrogen and oxygen atoms in total. The SMILES string of the molecule is CCN(CC)Cc1ccc(CN=C(N)Nc2ccc(OC(C)C)cc2)cc1.I. The van der Waals surface area contributed by atoms with E-state index < -0.39 is 0 Å². The van der Waals surface area contributed by atoms with Crippen molar-refractivity contribution in [3.8, 4) is 5.75 Å². The third-order valence-electron chi connectivity index (χ3n) is 4.25. The van der Waals surface area contributed by atoms with E-state index in [1.54, 1.807) is 0 Å². The molecule has 0 aromatic heterocycles. The Hall–Kier alpha value is -1.80. The Balaban J connectivity index is 0.00000392. The normalized spacial score (nSPS) is 11.4. The predicted octanol–water partition coefficient (Wildman–Crippen LogP) is 4.86. The topological polar surface area (TPSA) is 62.9 Å². The van der Waals surface area contributed by atoms with E-state index in [1.165, 1.54) is 5.56 Å². The van der Waals surface area contributed by atoms with Gasteiger partial charge < -0.3 is 15.8 Å². The van der Waals surface area contributed by atoms with Crippen LogP contribution in [0.3, 0.4) is 0 Å². The van der Waals surface area contributed by atoms with E-state index in [1.807, 2.05) is 38.1 Å². The highest BCUT2D eigenvalue weighted by molar-refractivity contribution is 14.0. The summed E-state index contributed by atoms with van der Waals surface area (Å²) in [6.45, 7) is 12.1. The highest BCUT2D eigenvalue weighted by Gasteiger charge is 2.02. The number of nitrogens with zero attached hydrogens (tertiary/aromatic N) is 2. The van der Waals surface area contributed by atoms with Gasteiger partial charge in [-0.15, -0.1) is 24.0 Å². The van der Waals surface area contributed by atoms with Crippen molar-refractivity contribution in [3.05, 3.63) is 59.7 Å². The molecular weight excluding hydrogens is 463 g/mol. The van der Waals surface area contributed by atoms with Crippen molar-refractivity contribution in [3.63, 3.8) is 0 Å². The molecule has 0 radical (unpaired) electrons. The third kappa shape index (κ3) is 8.48. The molecule has 0 amide bonds. The molecular formula is C22H33IN4O. The second-order valence-corrected chi connectivity index (χ2v) is 6.80. The number of halogens is 1. The highest BCUT2D eigenvalue weighted by atomic mass is 127. The molecule has 154 valence electrons. The molecule has 0 aliphatic carbocycles. The van der Waals surface area contributed by atoms with Crippen LogP contribution in [0, 0.1) is 0 Å². The molecule has 6 heteroatoms. The summed E-state index contributed by atoms with van der Waals surface area (Å²) < 4.78 is 5.64. The van der Waals surface area contributed by atoms with Gasteiger partial charge in [-0.25, -0.2) is 4.99 Å². The van der Waals surface area contributed by atoms with Crippen molar-refractivity contribution in [2.45, 2.75) is 46.9 Å². The van der Waals surface area contributed by atoms with Crippen molar-refractivity contribution >= 4 is 35.6 Å². The summed E-state index contributed by atoms with van der Waals surface area (Å²) >= 11 is 0. The molecule has 28 heavy (non-hydrogen) atoms. The number of anilines is 1. The zero-order valence-corrected chi connectivity index (χ0v) is 19.6. The van der Waals surface area contributed by atoms with E-state index in [4.69, 9.17) is 10.5 Å². The van der Waals surface area contributed by atoms with Crippen molar-refractivity contribution in [1.82, 2.24) is 4.90 Å². The Bertz CT molecular complexity index is 710. The van der Waals surface area contributed by atoms with Crippen molar-refractivity contribution in [2.24, 2.45) is 10.7 Å². The number of nitrogens with one attached hydrogen (secondary N) is 1. The number of rotatable bonds is 9. The second-order valence-electron chi connectivity index (χ2n) is 6.80. The molecule has 0 saturated carbocycles. The summed E-state index contributed by atoms with van der Waals surface area (Å²) in [5.74, 6) is 1.25. The number of hydrogen-bond donors (Lipinski definition) is 2. The molecule has 2 aromatic carbocycles. The first-order chi connectivity index (χ1) is 13.0. The van der Waals surface area contributed by atoms with E-state index in [-0.39, 0.29) is 30.1 Å². The van der Waals surface area contributed by atoms with Gasteiger partial charge in [0.15, 0.2) is 5.96 Å². The molecule has 0 bridgehead atoms. The fourth-order valence-electron chi connectivity index (χ4n) is 2.71. The number of aliphatic imine (C=N–C) groups is 1. The summed E-state index contributed by atoms with van der Waals surface area (Å²) in [6, 6.07) is 16.3. The largest absolute Gasteiger partial charge is 0.491 e. The molecule has 2 rings (SSSR count). The van der Waals surface area contributed by atoms with Crippen LogP contribution in [0.1, 0.15) is 38.8 Å². The first-order valence-corrected chi connectivity index (χ1v) is 9.64. The van der Waals surface area contributed by atoms with Gasteiger partial charge in [-0.3, -0.25) is 4.90 Å². The summed E-state index contributed by atoms with van der Waals surface area (Å²) in [5.41, 5.74) is 9.36. The molecule has 0 heterocycles. The van der Waals surface area contributed by atoms with Gasteiger partial charge in [0, 0.05) is 12.2 Å². The summed E-state index contributed by atoms with van der Waals surface area (Å²) in [5, 5.41) is 3.11. The predicted molar refractivity (Wildman–Crippen MR) is 130 cm³/mol. The van der Waals surface area contributed by atoms with E-state index in [9.17, 15) is 0 Å². The molecule has 0 saturated heterocycles. The Morgan fingerprint density at radius 2 is 1.57 bits per heavy atom. The van der Waals surface area contributed by atoms with E-state index in [0.29, 0.717) is 12.5 Å². The van der Waals surface area contributed by atoms with Crippen LogP contribution in [0.5, 0.6) is 5.75 Å². The van der Waals surface area contributed by atoms with Gasteiger partial charge >= 0.3 is 0 Å². The first kappa shape index (κ1) is 24.2. The quantitative estimate of drug-likeness (QED) is 0.296. The maximum atomic E-state index is 6.01. The molecule has 0 unspecified atom stereocenters. The van der Waals surface area contributed by atoms with Crippen LogP contribution in [0.4, 0.5) is 5.69 Å². The Morgan fingerprint density at radius 1 is 1.00 bits per heavy atom.